The van der Waals surface area contributed by atoms with Crippen LogP contribution in [0.4, 0.5) is 10.5 Å². The van der Waals surface area contributed by atoms with Crippen LogP contribution in [0.5, 0.6) is 0 Å². The highest BCUT2D eigenvalue weighted by molar-refractivity contribution is 7.21. The van der Waals surface area contributed by atoms with E-state index in [4.69, 9.17) is 16.3 Å². The third kappa shape index (κ3) is 4.74. The molecule has 1 N–H and O–H groups in total. The molecule has 34 heavy (non-hydrogen) atoms. The molecule has 3 heterocycles. The second-order valence-corrected chi connectivity index (χ2v) is 9.42. The van der Waals surface area contributed by atoms with Crippen molar-refractivity contribution < 1.29 is 19.1 Å². The maximum Gasteiger partial charge on any atom is 0.409 e. The van der Waals surface area contributed by atoms with Gasteiger partial charge in [-0.2, -0.15) is 5.10 Å². The highest BCUT2D eigenvalue weighted by atomic mass is 35.5. The van der Waals surface area contributed by atoms with E-state index in [1.54, 1.807) is 41.4 Å². The van der Waals surface area contributed by atoms with Gasteiger partial charge in [-0.25, -0.2) is 4.79 Å². The van der Waals surface area contributed by atoms with Gasteiger partial charge < -0.3 is 19.9 Å². The molecule has 2 aromatic heterocycles. The Kier molecular flexibility index (Phi) is 7.08. The van der Waals surface area contributed by atoms with Crippen LogP contribution in [0.25, 0.3) is 10.1 Å². The van der Waals surface area contributed by atoms with Gasteiger partial charge in [0.1, 0.15) is 10.9 Å². The number of benzene rings is 1. The molecule has 1 unspecified atom stereocenters. The summed E-state index contributed by atoms with van der Waals surface area (Å²) in [6.45, 7) is 7.32. The maximum atomic E-state index is 13.0. The molecule has 180 valence electrons. The summed E-state index contributed by atoms with van der Waals surface area (Å²) in [6, 6.07) is 7.03. The lowest BCUT2D eigenvalue weighted by Gasteiger charge is -2.35. The molecule has 1 aliphatic heterocycles. The Balaban J connectivity index is 1.42. The first-order chi connectivity index (χ1) is 16.3. The van der Waals surface area contributed by atoms with Crippen molar-refractivity contribution in [1.29, 1.82) is 0 Å². The van der Waals surface area contributed by atoms with Crippen molar-refractivity contribution in [3.8, 4) is 0 Å². The van der Waals surface area contributed by atoms with Crippen molar-refractivity contribution in [2.24, 2.45) is 0 Å². The first-order valence-electron chi connectivity index (χ1n) is 11.0. The molecule has 0 radical (unpaired) electrons. The zero-order valence-corrected chi connectivity index (χ0v) is 20.8. The van der Waals surface area contributed by atoms with Gasteiger partial charge >= 0.3 is 6.09 Å². The van der Waals surface area contributed by atoms with Crippen molar-refractivity contribution in [2.75, 3.05) is 38.1 Å². The number of rotatable bonds is 5. The Morgan fingerprint density at radius 2 is 1.85 bits per heavy atom. The summed E-state index contributed by atoms with van der Waals surface area (Å²) >= 11 is 7.76. The minimum atomic E-state index is -0.564. The van der Waals surface area contributed by atoms with E-state index >= 15 is 0 Å². The topological polar surface area (TPSA) is 96.8 Å². The first-order valence-corrected chi connectivity index (χ1v) is 12.2. The summed E-state index contributed by atoms with van der Waals surface area (Å²) in [5.41, 5.74) is 1.11. The first kappa shape index (κ1) is 24.0. The Labute approximate surface area is 206 Å². The summed E-state index contributed by atoms with van der Waals surface area (Å²) in [7, 11) is 0. The van der Waals surface area contributed by atoms with Crippen molar-refractivity contribution in [2.45, 2.75) is 26.8 Å². The SMILES string of the molecule is CCOC(=O)N1CCN(C(=O)C(C)n2cc(NC(=O)c3sc4ccccc4c3Cl)c(C)n2)CC1. The van der Waals surface area contributed by atoms with Crippen LogP contribution < -0.4 is 5.32 Å². The van der Waals surface area contributed by atoms with Crippen molar-refractivity contribution >= 4 is 56.6 Å². The second-order valence-electron chi connectivity index (χ2n) is 7.99. The molecular weight excluding hydrogens is 478 g/mol. The smallest absolute Gasteiger partial charge is 0.409 e. The summed E-state index contributed by atoms with van der Waals surface area (Å²) in [5.74, 6) is -0.417. The van der Waals surface area contributed by atoms with Gasteiger partial charge in [0.2, 0.25) is 5.91 Å². The largest absolute Gasteiger partial charge is 0.450 e. The van der Waals surface area contributed by atoms with Crippen LogP contribution >= 0.6 is 22.9 Å². The Hall–Kier alpha value is -3.11. The molecule has 11 heteroatoms. The summed E-state index contributed by atoms with van der Waals surface area (Å²) in [6.07, 6.45) is 1.30. The number of aryl methyl sites for hydroxylation is 1. The van der Waals surface area contributed by atoms with Crippen LogP contribution in [0.2, 0.25) is 5.02 Å². The number of carbonyl (C=O) groups is 3. The number of thiophene rings is 1. The molecule has 1 atom stereocenters. The fourth-order valence-electron chi connectivity index (χ4n) is 3.84. The maximum absolute atomic E-state index is 13.0. The lowest BCUT2D eigenvalue weighted by Crippen LogP contribution is -2.52. The lowest BCUT2D eigenvalue weighted by molar-refractivity contribution is -0.136. The number of carbonyl (C=O) groups excluding carboxylic acids is 3. The number of amides is 3. The number of anilines is 1. The summed E-state index contributed by atoms with van der Waals surface area (Å²) < 4.78 is 7.52. The van der Waals surface area contributed by atoms with Gasteiger partial charge in [0.25, 0.3) is 5.91 Å². The predicted molar refractivity (Wildman–Crippen MR) is 132 cm³/mol. The number of halogens is 1. The van der Waals surface area contributed by atoms with Gasteiger partial charge in [-0.15, -0.1) is 11.3 Å². The fourth-order valence-corrected chi connectivity index (χ4v) is 5.26. The average molecular weight is 504 g/mol. The van der Waals surface area contributed by atoms with Gasteiger partial charge in [-0.3, -0.25) is 14.3 Å². The van der Waals surface area contributed by atoms with Crippen LogP contribution in [-0.2, 0) is 9.53 Å². The normalized spacial score (nSPS) is 14.8. The van der Waals surface area contributed by atoms with Crippen LogP contribution in [0.15, 0.2) is 30.5 Å². The molecule has 3 aromatic rings. The molecule has 1 fully saturated rings. The molecular formula is C23H26ClN5O4S. The van der Waals surface area contributed by atoms with E-state index in [0.717, 1.165) is 10.1 Å². The van der Waals surface area contributed by atoms with Gasteiger partial charge in [-0.1, -0.05) is 29.8 Å². The van der Waals surface area contributed by atoms with E-state index in [1.165, 1.54) is 11.3 Å². The zero-order valence-electron chi connectivity index (χ0n) is 19.2. The third-order valence-corrected chi connectivity index (χ3v) is 7.45. The molecule has 0 saturated carbocycles. The standard InChI is InChI=1S/C23H26ClN5O4S/c1-4-33-23(32)28-11-9-27(10-12-28)22(31)15(3)29-13-17(14(2)26-29)25-21(30)20-19(24)16-7-5-6-8-18(16)34-20/h5-8,13,15H,4,9-12H2,1-3H3,(H,25,30). The second kappa shape index (κ2) is 10.0. The number of ether oxygens (including phenoxy) is 1. The quantitative estimate of drug-likeness (QED) is 0.563. The van der Waals surface area contributed by atoms with Crippen molar-refractivity contribution in [3.63, 3.8) is 0 Å². The molecule has 1 saturated heterocycles. The van der Waals surface area contributed by atoms with Crippen LogP contribution in [0, 0.1) is 6.92 Å². The molecule has 9 nitrogen and oxygen atoms in total. The predicted octanol–water partition coefficient (Wildman–Crippen LogP) is 4.17. The van der Waals surface area contributed by atoms with Gasteiger partial charge in [0, 0.05) is 42.5 Å². The summed E-state index contributed by atoms with van der Waals surface area (Å²) in [4.78, 5) is 41.6. The van der Waals surface area contributed by atoms with Crippen LogP contribution in [0.3, 0.4) is 0 Å². The zero-order chi connectivity index (χ0) is 24.4. The minimum absolute atomic E-state index is 0.101. The van der Waals surface area contributed by atoms with Crippen molar-refractivity contribution in [3.05, 3.63) is 46.1 Å². The Bertz CT molecular complexity index is 1230. The van der Waals surface area contributed by atoms with E-state index < -0.39 is 6.04 Å². The molecule has 0 bridgehead atoms. The molecule has 0 aliphatic carbocycles. The number of hydrogen-bond donors (Lipinski definition) is 1. The average Bonchev–Trinajstić information content (AvgIpc) is 3.38. The molecule has 0 spiro atoms. The minimum Gasteiger partial charge on any atom is -0.450 e. The number of fused-ring (bicyclic) bond motifs is 1. The number of piperazine rings is 1. The van der Waals surface area contributed by atoms with Gasteiger partial charge in [0.15, 0.2) is 0 Å². The highest BCUT2D eigenvalue weighted by Crippen LogP contribution is 2.35. The number of hydrogen-bond acceptors (Lipinski definition) is 6. The van der Waals surface area contributed by atoms with Crippen LogP contribution in [0.1, 0.15) is 35.3 Å². The van der Waals surface area contributed by atoms with E-state index in [2.05, 4.69) is 10.4 Å². The molecule has 1 aliphatic rings. The van der Waals surface area contributed by atoms with Crippen molar-refractivity contribution in [1.82, 2.24) is 19.6 Å². The van der Waals surface area contributed by atoms with E-state index in [9.17, 15) is 14.4 Å². The molecule has 3 amide bonds. The van der Waals surface area contributed by atoms with Gasteiger partial charge in [-0.05, 0) is 26.8 Å². The molecule has 4 rings (SSSR count). The third-order valence-electron chi connectivity index (χ3n) is 5.78. The summed E-state index contributed by atoms with van der Waals surface area (Å²) in [5, 5.41) is 8.59. The number of nitrogens with one attached hydrogen (secondary N) is 1. The van der Waals surface area contributed by atoms with Crippen LogP contribution in [-0.4, -0.2) is 70.3 Å². The van der Waals surface area contributed by atoms with E-state index in [-0.39, 0.29) is 17.9 Å². The lowest BCUT2D eigenvalue weighted by atomic mass is 10.2. The number of nitrogens with zero attached hydrogens (tertiary/aromatic N) is 4. The number of aromatic nitrogens is 2. The van der Waals surface area contributed by atoms with E-state index in [1.807, 2.05) is 24.3 Å². The monoisotopic (exact) mass is 503 g/mol. The fraction of sp³-hybridized carbons (Fsp3) is 0.391. The van der Waals surface area contributed by atoms with Gasteiger partial charge in [0.05, 0.1) is 23.0 Å². The highest BCUT2D eigenvalue weighted by Gasteiger charge is 2.29. The Morgan fingerprint density at radius 3 is 2.53 bits per heavy atom. The Morgan fingerprint density at radius 1 is 1.18 bits per heavy atom. The van der Waals surface area contributed by atoms with E-state index in [0.29, 0.717) is 54.1 Å². The molecule has 1 aromatic carbocycles.